The highest BCUT2D eigenvalue weighted by molar-refractivity contribution is 8.22. The zero-order valence-corrected chi connectivity index (χ0v) is 10.9. The SMILES string of the molecule is OC(CCOc1ccc(Cl)cc1)[SH]1C=CC=C1. The van der Waals surface area contributed by atoms with Gasteiger partial charge in [-0.25, -0.2) is 0 Å². The third-order valence-electron chi connectivity index (χ3n) is 2.43. The van der Waals surface area contributed by atoms with Crippen molar-refractivity contribution in [2.45, 2.75) is 11.9 Å². The highest BCUT2D eigenvalue weighted by Gasteiger charge is 2.11. The monoisotopic (exact) mass is 270 g/mol. The molecule has 2 nitrogen and oxygen atoms in total. The fourth-order valence-corrected chi connectivity index (χ4v) is 3.13. The lowest BCUT2D eigenvalue weighted by Crippen LogP contribution is -2.10. The maximum absolute atomic E-state index is 9.90. The minimum Gasteiger partial charge on any atom is -0.493 e. The summed E-state index contributed by atoms with van der Waals surface area (Å²) in [5.41, 5.74) is -0.313. The maximum atomic E-state index is 9.90. The average molecular weight is 271 g/mol. The van der Waals surface area contributed by atoms with E-state index in [1.165, 1.54) is 0 Å². The standard InChI is InChI=1S/C13H15ClO2S/c14-11-3-5-12(6-4-11)16-8-7-13(15)17-9-1-2-10-17/h1-6,9-10,13,15,17H,7-8H2. The van der Waals surface area contributed by atoms with E-state index in [0.29, 0.717) is 18.1 Å². The van der Waals surface area contributed by atoms with Gasteiger partial charge in [0.05, 0.1) is 12.0 Å². The molecular weight excluding hydrogens is 256 g/mol. The molecule has 1 aromatic rings. The topological polar surface area (TPSA) is 29.5 Å². The van der Waals surface area contributed by atoms with Crippen molar-refractivity contribution in [1.82, 2.24) is 0 Å². The van der Waals surface area contributed by atoms with Crippen LogP contribution in [-0.4, -0.2) is 17.1 Å². The van der Waals surface area contributed by atoms with Gasteiger partial charge in [-0.1, -0.05) is 23.8 Å². The van der Waals surface area contributed by atoms with Crippen molar-refractivity contribution in [2.24, 2.45) is 0 Å². The van der Waals surface area contributed by atoms with E-state index in [0.717, 1.165) is 5.75 Å². The normalized spacial score (nSPS) is 17.4. The van der Waals surface area contributed by atoms with E-state index in [2.05, 4.69) is 10.8 Å². The zero-order valence-electron chi connectivity index (χ0n) is 9.29. The van der Waals surface area contributed by atoms with Gasteiger partial charge in [0.25, 0.3) is 0 Å². The molecule has 1 aliphatic rings. The lowest BCUT2D eigenvalue weighted by atomic mass is 10.3. The van der Waals surface area contributed by atoms with Crippen molar-refractivity contribution >= 4 is 22.5 Å². The number of aliphatic hydroxyl groups excluding tert-OH is 1. The molecule has 0 aliphatic carbocycles. The van der Waals surface area contributed by atoms with Crippen LogP contribution < -0.4 is 4.74 Å². The van der Waals surface area contributed by atoms with Crippen LogP contribution in [0.1, 0.15) is 6.42 Å². The molecule has 2 rings (SSSR count). The van der Waals surface area contributed by atoms with Crippen LogP contribution in [-0.2, 0) is 0 Å². The Morgan fingerprint density at radius 3 is 2.47 bits per heavy atom. The number of benzene rings is 1. The summed E-state index contributed by atoms with van der Waals surface area (Å²) in [5.74, 6) is 0.784. The number of hydrogen-bond acceptors (Lipinski definition) is 2. The quantitative estimate of drug-likeness (QED) is 0.803. The summed E-state index contributed by atoms with van der Waals surface area (Å²) in [7, 11) is -0.499. The molecule has 0 bridgehead atoms. The van der Waals surface area contributed by atoms with E-state index in [1.54, 1.807) is 12.1 Å². The predicted molar refractivity (Wildman–Crippen MR) is 74.8 cm³/mol. The molecule has 92 valence electrons. The van der Waals surface area contributed by atoms with Crippen LogP contribution in [0.25, 0.3) is 0 Å². The Bertz CT molecular complexity index is 402. The van der Waals surface area contributed by atoms with Gasteiger partial charge in [0, 0.05) is 11.4 Å². The molecule has 0 amide bonds. The summed E-state index contributed by atoms with van der Waals surface area (Å²) in [4.78, 5) is 0. The minimum atomic E-state index is -0.499. The van der Waals surface area contributed by atoms with E-state index < -0.39 is 10.9 Å². The smallest absolute Gasteiger partial charge is 0.119 e. The van der Waals surface area contributed by atoms with Gasteiger partial charge in [-0.05, 0) is 35.1 Å². The fourth-order valence-electron chi connectivity index (χ4n) is 1.51. The summed E-state index contributed by atoms with van der Waals surface area (Å²) >= 11 is 5.77. The van der Waals surface area contributed by atoms with Crippen LogP contribution in [0.2, 0.25) is 5.02 Å². The van der Waals surface area contributed by atoms with Gasteiger partial charge in [0.15, 0.2) is 0 Å². The molecule has 1 N–H and O–H groups in total. The Morgan fingerprint density at radius 1 is 1.18 bits per heavy atom. The lowest BCUT2D eigenvalue weighted by Gasteiger charge is -2.18. The van der Waals surface area contributed by atoms with Crippen molar-refractivity contribution in [3.8, 4) is 5.75 Å². The third-order valence-corrected chi connectivity index (χ3v) is 4.66. The van der Waals surface area contributed by atoms with E-state index >= 15 is 0 Å². The number of hydrogen-bond donors (Lipinski definition) is 2. The molecule has 17 heavy (non-hydrogen) atoms. The number of thiol groups is 1. The molecule has 1 unspecified atom stereocenters. The summed E-state index contributed by atoms with van der Waals surface area (Å²) < 4.78 is 5.53. The number of allylic oxidation sites excluding steroid dienone is 2. The minimum absolute atomic E-state index is 0.313. The molecular formula is C13H15ClO2S. The summed E-state index contributed by atoms with van der Waals surface area (Å²) in [5, 5.41) is 14.7. The molecule has 0 spiro atoms. The second-order valence-corrected chi connectivity index (χ2v) is 6.23. The van der Waals surface area contributed by atoms with E-state index in [9.17, 15) is 5.11 Å². The van der Waals surface area contributed by atoms with Gasteiger partial charge in [-0.2, -0.15) is 10.9 Å². The Morgan fingerprint density at radius 2 is 1.82 bits per heavy atom. The highest BCUT2D eigenvalue weighted by atomic mass is 35.5. The summed E-state index contributed by atoms with van der Waals surface area (Å²) in [6, 6.07) is 7.24. The Labute approximate surface area is 109 Å². The molecule has 0 saturated carbocycles. The molecule has 1 aromatic carbocycles. The summed E-state index contributed by atoms with van der Waals surface area (Å²) in [6.45, 7) is 0.517. The van der Waals surface area contributed by atoms with E-state index in [4.69, 9.17) is 16.3 Å². The fraction of sp³-hybridized carbons (Fsp3) is 0.231. The van der Waals surface area contributed by atoms with E-state index in [-0.39, 0.29) is 5.44 Å². The van der Waals surface area contributed by atoms with Crippen LogP contribution >= 0.6 is 22.5 Å². The molecule has 0 saturated heterocycles. The van der Waals surface area contributed by atoms with Crippen molar-refractivity contribution in [3.63, 3.8) is 0 Å². The molecule has 0 radical (unpaired) electrons. The van der Waals surface area contributed by atoms with E-state index in [1.807, 2.05) is 24.3 Å². The Balaban J connectivity index is 1.74. The van der Waals surface area contributed by atoms with Crippen molar-refractivity contribution in [3.05, 3.63) is 52.3 Å². The molecule has 1 aliphatic heterocycles. The molecule has 1 atom stereocenters. The number of halogens is 1. The Hall–Kier alpha value is -0.900. The highest BCUT2D eigenvalue weighted by Crippen LogP contribution is 2.38. The largest absolute Gasteiger partial charge is 0.493 e. The predicted octanol–water partition coefficient (Wildman–Crippen LogP) is 3.47. The second-order valence-electron chi connectivity index (χ2n) is 3.70. The summed E-state index contributed by atoms with van der Waals surface area (Å²) in [6.07, 6.45) is 4.60. The van der Waals surface area contributed by atoms with Gasteiger partial charge in [0.2, 0.25) is 0 Å². The molecule has 0 fully saturated rings. The Kier molecular flexibility index (Phi) is 4.54. The number of ether oxygens (including phenoxy) is 1. The molecule has 4 heteroatoms. The first-order valence-corrected chi connectivity index (χ1v) is 7.37. The number of aliphatic hydroxyl groups is 1. The van der Waals surface area contributed by atoms with Crippen LogP contribution in [0.4, 0.5) is 0 Å². The maximum Gasteiger partial charge on any atom is 0.119 e. The van der Waals surface area contributed by atoms with Crippen LogP contribution in [0, 0.1) is 0 Å². The van der Waals surface area contributed by atoms with Crippen LogP contribution in [0.3, 0.4) is 0 Å². The first-order chi connectivity index (χ1) is 8.25. The first-order valence-electron chi connectivity index (χ1n) is 5.44. The van der Waals surface area contributed by atoms with Gasteiger partial charge in [-0.3, -0.25) is 0 Å². The average Bonchev–Trinajstić information content (AvgIpc) is 2.85. The van der Waals surface area contributed by atoms with Crippen molar-refractivity contribution in [1.29, 1.82) is 0 Å². The first kappa shape index (κ1) is 12.6. The zero-order chi connectivity index (χ0) is 12.1. The van der Waals surface area contributed by atoms with Crippen molar-refractivity contribution in [2.75, 3.05) is 6.61 Å². The van der Waals surface area contributed by atoms with Gasteiger partial charge >= 0.3 is 0 Å². The van der Waals surface area contributed by atoms with Crippen LogP contribution in [0.5, 0.6) is 5.75 Å². The second kappa shape index (κ2) is 6.15. The lowest BCUT2D eigenvalue weighted by molar-refractivity contribution is 0.208. The van der Waals surface area contributed by atoms with Crippen LogP contribution in [0.15, 0.2) is 47.2 Å². The molecule has 1 heterocycles. The van der Waals surface area contributed by atoms with Gasteiger partial charge < -0.3 is 9.84 Å². The van der Waals surface area contributed by atoms with Crippen molar-refractivity contribution < 1.29 is 9.84 Å². The number of rotatable bonds is 5. The molecule has 0 aromatic heterocycles. The van der Waals surface area contributed by atoms with Gasteiger partial charge in [-0.15, -0.1) is 0 Å². The van der Waals surface area contributed by atoms with Gasteiger partial charge in [0.1, 0.15) is 5.75 Å². The third kappa shape index (κ3) is 3.80.